The van der Waals surface area contributed by atoms with Gasteiger partial charge in [-0.3, -0.25) is 0 Å². The molecule has 1 nitrogen and oxygen atoms in total. The lowest BCUT2D eigenvalue weighted by Gasteiger charge is -2.23. The van der Waals surface area contributed by atoms with Gasteiger partial charge in [0.2, 0.25) is 0 Å². The smallest absolute Gasteiger partial charge is 0.399 e. The Morgan fingerprint density at radius 3 is 1.84 bits per heavy atom. The lowest BCUT2D eigenvalue weighted by molar-refractivity contribution is -0.142. The van der Waals surface area contributed by atoms with Crippen LogP contribution < -0.4 is 5.73 Å². The minimum Gasteiger partial charge on any atom is -0.399 e. The van der Waals surface area contributed by atoms with Gasteiger partial charge in [0.1, 0.15) is 0 Å². The van der Waals surface area contributed by atoms with E-state index < -0.39 is 57.5 Å². The summed E-state index contributed by atoms with van der Waals surface area (Å²) in [6, 6.07) is 9.57. The lowest BCUT2D eigenvalue weighted by atomic mass is 9.86. The van der Waals surface area contributed by atoms with Crippen LogP contribution in [0.15, 0.2) is 54.6 Å². The highest BCUT2D eigenvalue weighted by atomic mass is 19.4. The van der Waals surface area contributed by atoms with Crippen molar-refractivity contribution in [1.29, 1.82) is 0 Å². The first-order chi connectivity index (χ1) is 14.2. The third kappa shape index (κ3) is 4.47. The van der Waals surface area contributed by atoms with E-state index in [9.17, 15) is 39.5 Å². The van der Waals surface area contributed by atoms with Crippen LogP contribution in [0.3, 0.4) is 0 Å². The van der Waals surface area contributed by atoms with Crippen molar-refractivity contribution >= 4 is 5.69 Å². The fraction of sp³-hybridized carbons (Fsp3) is 0.143. The van der Waals surface area contributed by atoms with Crippen molar-refractivity contribution < 1.29 is 39.5 Å². The summed E-state index contributed by atoms with van der Waals surface area (Å²) in [7, 11) is 0. The van der Waals surface area contributed by atoms with Gasteiger partial charge in [-0.25, -0.2) is 0 Å². The van der Waals surface area contributed by atoms with Crippen LogP contribution in [0.5, 0.6) is 0 Å². The monoisotopic (exact) mass is 448 g/mol. The highest BCUT2D eigenvalue weighted by molar-refractivity contribution is 5.84. The van der Waals surface area contributed by atoms with E-state index in [-0.39, 0.29) is 11.8 Å². The summed E-state index contributed by atoms with van der Waals surface area (Å²) < 4.78 is 123. The molecule has 0 saturated heterocycles. The van der Waals surface area contributed by atoms with Crippen LogP contribution in [-0.4, -0.2) is 0 Å². The standard InChI is InChI=1S/C21H11F9N/c22-19(23,24)15-7-2-1-6-13(15)14-8-9-16(20(25,26)27)17(18(14)21(28,29)30)11-4-3-5-12(31)10-11/h1-7,9-10H,31H2. The van der Waals surface area contributed by atoms with Gasteiger partial charge in [0.25, 0.3) is 0 Å². The molecule has 3 aromatic rings. The van der Waals surface area contributed by atoms with Gasteiger partial charge < -0.3 is 5.73 Å². The van der Waals surface area contributed by atoms with Crippen molar-refractivity contribution in [2.45, 2.75) is 18.5 Å². The fourth-order valence-corrected chi connectivity index (χ4v) is 3.21. The molecule has 0 aromatic heterocycles. The zero-order valence-electron chi connectivity index (χ0n) is 15.2. The number of benzene rings is 3. The summed E-state index contributed by atoms with van der Waals surface area (Å²) in [5.74, 6) is 0. The normalized spacial score (nSPS) is 12.8. The Labute approximate surface area is 169 Å². The molecule has 0 atom stereocenters. The molecule has 31 heavy (non-hydrogen) atoms. The zero-order valence-corrected chi connectivity index (χ0v) is 15.2. The third-order valence-electron chi connectivity index (χ3n) is 4.40. The van der Waals surface area contributed by atoms with Gasteiger partial charge in [-0.15, -0.1) is 0 Å². The maximum atomic E-state index is 14.1. The minimum absolute atomic E-state index is 0.121. The van der Waals surface area contributed by atoms with Crippen LogP contribution in [0, 0.1) is 6.07 Å². The Morgan fingerprint density at radius 2 is 1.29 bits per heavy atom. The lowest BCUT2D eigenvalue weighted by Crippen LogP contribution is -2.17. The predicted molar refractivity (Wildman–Crippen MR) is 95.6 cm³/mol. The molecular formula is C21H11F9N. The van der Waals surface area contributed by atoms with Gasteiger partial charge >= 0.3 is 18.5 Å². The molecule has 0 fully saturated rings. The van der Waals surface area contributed by atoms with Gasteiger partial charge in [0, 0.05) is 16.8 Å². The van der Waals surface area contributed by atoms with E-state index >= 15 is 0 Å². The van der Waals surface area contributed by atoms with Gasteiger partial charge in [0.05, 0.1) is 16.7 Å². The van der Waals surface area contributed by atoms with Crippen LogP contribution in [0.4, 0.5) is 45.2 Å². The van der Waals surface area contributed by atoms with Gasteiger partial charge in [-0.2, -0.15) is 39.5 Å². The number of anilines is 1. The highest BCUT2D eigenvalue weighted by Crippen LogP contribution is 2.50. The summed E-state index contributed by atoms with van der Waals surface area (Å²) in [5.41, 5.74) is -3.57. The van der Waals surface area contributed by atoms with E-state index in [1.807, 2.05) is 0 Å². The number of alkyl halides is 9. The first kappa shape index (κ1) is 22.5. The average molecular weight is 448 g/mol. The fourth-order valence-electron chi connectivity index (χ4n) is 3.21. The van der Waals surface area contributed by atoms with Crippen molar-refractivity contribution in [3.05, 3.63) is 77.4 Å². The molecular weight excluding hydrogens is 437 g/mol. The number of halogens is 9. The molecule has 0 heterocycles. The summed E-state index contributed by atoms with van der Waals surface area (Å²) in [5, 5.41) is 0. The van der Waals surface area contributed by atoms with E-state index in [0.29, 0.717) is 6.07 Å². The van der Waals surface area contributed by atoms with E-state index in [2.05, 4.69) is 0 Å². The number of rotatable bonds is 2. The van der Waals surface area contributed by atoms with Crippen LogP contribution >= 0.6 is 0 Å². The topological polar surface area (TPSA) is 26.0 Å². The van der Waals surface area contributed by atoms with Gasteiger partial charge in [-0.1, -0.05) is 30.3 Å². The van der Waals surface area contributed by atoms with Crippen LogP contribution in [0.25, 0.3) is 22.3 Å². The van der Waals surface area contributed by atoms with E-state index in [0.717, 1.165) is 36.4 Å². The second-order valence-electron chi connectivity index (χ2n) is 6.49. The first-order valence-electron chi connectivity index (χ1n) is 8.47. The quantitative estimate of drug-likeness (QED) is 0.320. The second kappa shape index (κ2) is 7.51. The molecule has 0 aliphatic carbocycles. The molecule has 0 saturated carbocycles. The van der Waals surface area contributed by atoms with Gasteiger partial charge in [-0.05, 0) is 41.5 Å². The van der Waals surface area contributed by atoms with E-state index in [4.69, 9.17) is 5.73 Å². The zero-order chi connectivity index (χ0) is 23.2. The van der Waals surface area contributed by atoms with Crippen LogP contribution in [0.2, 0.25) is 0 Å². The summed E-state index contributed by atoms with van der Waals surface area (Å²) in [6.45, 7) is 0. The molecule has 0 amide bonds. The van der Waals surface area contributed by atoms with Gasteiger partial charge in [0.15, 0.2) is 0 Å². The molecule has 1 radical (unpaired) electrons. The van der Waals surface area contributed by atoms with Crippen molar-refractivity contribution in [2.24, 2.45) is 0 Å². The molecule has 163 valence electrons. The molecule has 3 rings (SSSR count). The molecule has 10 heteroatoms. The van der Waals surface area contributed by atoms with Crippen molar-refractivity contribution in [1.82, 2.24) is 0 Å². The molecule has 3 aromatic carbocycles. The van der Waals surface area contributed by atoms with Crippen molar-refractivity contribution in [3.63, 3.8) is 0 Å². The summed E-state index contributed by atoms with van der Waals surface area (Å²) in [6.07, 6.45) is -15.7. The second-order valence-corrected chi connectivity index (χ2v) is 6.49. The molecule has 0 spiro atoms. The number of hydrogen-bond acceptors (Lipinski definition) is 1. The Bertz CT molecular complexity index is 1110. The molecule has 2 N–H and O–H groups in total. The SMILES string of the molecule is Nc1cccc(-c2c(C(F)(F)F)c[c]c(-c3ccccc3C(F)(F)F)c2C(F)(F)F)c1. The van der Waals surface area contributed by atoms with Crippen LogP contribution in [0.1, 0.15) is 16.7 Å². The predicted octanol–water partition coefficient (Wildman–Crippen LogP) is 7.46. The van der Waals surface area contributed by atoms with E-state index in [1.165, 1.54) is 6.07 Å². The third-order valence-corrected chi connectivity index (χ3v) is 4.40. The van der Waals surface area contributed by atoms with Crippen LogP contribution in [-0.2, 0) is 18.5 Å². The molecule has 0 bridgehead atoms. The number of hydrogen-bond donors (Lipinski definition) is 1. The highest BCUT2D eigenvalue weighted by Gasteiger charge is 2.44. The number of nitrogens with two attached hydrogens (primary N) is 1. The largest absolute Gasteiger partial charge is 0.417 e. The first-order valence-corrected chi connectivity index (χ1v) is 8.47. The minimum atomic E-state index is -5.44. The molecule has 0 unspecified atom stereocenters. The number of nitrogen functional groups attached to an aromatic ring is 1. The maximum Gasteiger partial charge on any atom is 0.417 e. The Hall–Kier alpha value is -3.17. The Kier molecular flexibility index (Phi) is 5.45. The van der Waals surface area contributed by atoms with Crippen molar-refractivity contribution in [2.75, 3.05) is 5.73 Å². The Morgan fingerprint density at radius 1 is 0.677 bits per heavy atom. The maximum absolute atomic E-state index is 14.1. The van der Waals surface area contributed by atoms with Crippen molar-refractivity contribution in [3.8, 4) is 22.3 Å². The Balaban J connectivity index is 2.52. The average Bonchev–Trinajstić information content (AvgIpc) is 2.64. The summed E-state index contributed by atoms with van der Waals surface area (Å²) in [4.78, 5) is 0. The summed E-state index contributed by atoms with van der Waals surface area (Å²) >= 11 is 0. The van der Waals surface area contributed by atoms with E-state index in [1.54, 1.807) is 6.07 Å². The molecule has 0 aliphatic heterocycles. The molecule has 0 aliphatic rings.